The van der Waals surface area contributed by atoms with Crippen LogP contribution in [0.1, 0.15) is 15.9 Å². The number of nitrogens with one attached hydrogen (secondary N) is 1. The first-order valence-electron chi connectivity index (χ1n) is 9.44. The molecular formula is C23H21NO6S. The number of rotatable bonds is 10. The predicted octanol–water partition coefficient (Wildman–Crippen LogP) is 2.97. The quantitative estimate of drug-likeness (QED) is 0.385. The van der Waals surface area contributed by atoms with Gasteiger partial charge in [0.05, 0.1) is 4.90 Å². The van der Waals surface area contributed by atoms with Crippen molar-refractivity contribution in [3.05, 3.63) is 96.1 Å². The minimum atomic E-state index is -3.83. The highest BCUT2D eigenvalue weighted by molar-refractivity contribution is 7.89. The van der Waals surface area contributed by atoms with Crippen molar-refractivity contribution in [1.29, 1.82) is 0 Å². The zero-order valence-electron chi connectivity index (χ0n) is 16.6. The second-order valence-electron chi connectivity index (χ2n) is 6.52. The summed E-state index contributed by atoms with van der Waals surface area (Å²) in [5, 5.41) is 0. The van der Waals surface area contributed by atoms with Crippen molar-refractivity contribution < 1.29 is 27.5 Å². The molecule has 0 amide bonds. The second-order valence-corrected chi connectivity index (χ2v) is 8.29. The summed E-state index contributed by atoms with van der Waals surface area (Å²) < 4.78 is 36.8. The van der Waals surface area contributed by atoms with Crippen LogP contribution in [0.5, 0.6) is 5.75 Å². The van der Waals surface area contributed by atoms with Gasteiger partial charge in [-0.25, -0.2) is 8.42 Å². The maximum absolute atomic E-state index is 12.2. The molecule has 0 aliphatic rings. The number of ketones is 1. The van der Waals surface area contributed by atoms with Gasteiger partial charge in [-0.05, 0) is 42.0 Å². The molecule has 0 aromatic heterocycles. The summed E-state index contributed by atoms with van der Waals surface area (Å²) in [5.41, 5.74) is 1.38. The summed E-state index contributed by atoms with van der Waals surface area (Å²) in [4.78, 5) is 24.1. The van der Waals surface area contributed by atoms with Gasteiger partial charge in [0.25, 0.3) is 0 Å². The van der Waals surface area contributed by atoms with Gasteiger partial charge >= 0.3 is 5.97 Å². The Morgan fingerprint density at radius 1 is 0.806 bits per heavy atom. The number of Topliss-reactive ketones (excluding diaryl/α,β-unsaturated/α-hetero) is 1. The van der Waals surface area contributed by atoms with Gasteiger partial charge in [-0.15, -0.1) is 0 Å². The van der Waals surface area contributed by atoms with Crippen LogP contribution < -0.4 is 9.46 Å². The van der Waals surface area contributed by atoms with Gasteiger partial charge < -0.3 is 9.47 Å². The molecule has 31 heavy (non-hydrogen) atoms. The molecule has 0 spiro atoms. The highest BCUT2D eigenvalue weighted by Gasteiger charge is 2.16. The Labute approximate surface area is 180 Å². The number of carbonyl (C=O) groups excluding carboxylic acids is 2. The summed E-state index contributed by atoms with van der Waals surface area (Å²) in [6.07, 6.45) is 0. The van der Waals surface area contributed by atoms with E-state index in [4.69, 9.17) is 9.47 Å². The Bertz CT molecular complexity index is 1110. The van der Waals surface area contributed by atoms with E-state index in [9.17, 15) is 18.0 Å². The van der Waals surface area contributed by atoms with Crippen molar-refractivity contribution in [2.24, 2.45) is 0 Å². The molecule has 3 aromatic rings. The average Bonchev–Trinajstić information content (AvgIpc) is 2.81. The van der Waals surface area contributed by atoms with E-state index < -0.39 is 34.9 Å². The highest BCUT2D eigenvalue weighted by atomic mass is 32.2. The predicted molar refractivity (Wildman–Crippen MR) is 114 cm³/mol. The van der Waals surface area contributed by atoms with E-state index in [1.54, 1.807) is 42.5 Å². The van der Waals surface area contributed by atoms with Crippen molar-refractivity contribution in [3.8, 4) is 5.75 Å². The van der Waals surface area contributed by atoms with Crippen molar-refractivity contribution in [3.63, 3.8) is 0 Å². The van der Waals surface area contributed by atoms with Crippen molar-refractivity contribution in [2.45, 2.75) is 11.5 Å². The lowest BCUT2D eigenvalue weighted by molar-refractivity contribution is -0.141. The van der Waals surface area contributed by atoms with Crippen LogP contribution in [0.15, 0.2) is 89.8 Å². The standard InChI is InChI=1S/C23H21NO6S/c25-22(17-30-23(26)15-24-31(27,28)21-9-5-2-6-10-21)19-11-13-20(14-12-19)29-16-18-7-3-1-4-8-18/h1-14,24H,15-17H2. The van der Waals surface area contributed by atoms with E-state index in [-0.39, 0.29) is 4.90 Å². The number of hydrogen-bond donors (Lipinski definition) is 1. The maximum atomic E-state index is 12.2. The van der Waals surface area contributed by atoms with Crippen LogP contribution in [0.3, 0.4) is 0 Å². The number of benzene rings is 3. The second kappa shape index (κ2) is 10.5. The van der Waals surface area contributed by atoms with Crippen LogP contribution in [-0.2, 0) is 26.2 Å². The Balaban J connectivity index is 1.44. The molecule has 0 unspecified atom stereocenters. The van der Waals surface area contributed by atoms with E-state index in [1.807, 2.05) is 30.3 Å². The molecule has 0 atom stereocenters. The fourth-order valence-corrected chi connectivity index (χ4v) is 3.59. The summed E-state index contributed by atoms with van der Waals surface area (Å²) in [6.45, 7) is -0.655. The van der Waals surface area contributed by atoms with Gasteiger partial charge in [0, 0.05) is 5.56 Å². The Morgan fingerprint density at radius 2 is 1.42 bits per heavy atom. The van der Waals surface area contributed by atoms with E-state index in [2.05, 4.69) is 4.72 Å². The number of ether oxygens (including phenoxy) is 2. The molecule has 0 saturated heterocycles. The third kappa shape index (κ3) is 6.77. The average molecular weight is 439 g/mol. The largest absolute Gasteiger partial charge is 0.489 e. The molecule has 0 aliphatic heterocycles. The van der Waals surface area contributed by atoms with Crippen LogP contribution in [0.4, 0.5) is 0 Å². The van der Waals surface area contributed by atoms with Crippen LogP contribution in [0.2, 0.25) is 0 Å². The number of carbonyl (C=O) groups is 2. The van der Waals surface area contributed by atoms with Gasteiger partial charge in [0.2, 0.25) is 10.0 Å². The van der Waals surface area contributed by atoms with E-state index >= 15 is 0 Å². The van der Waals surface area contributed by atoms with Crippen LogP contribution in [0, 0.1) is 0 Å². The molecule has 8 heteroatoms. The molecule has 0 aliphatic carbocycles. The fraction of sp³-hybridized carbons (Fsp3) is 0.130. The molecule has 1 N–H and O–H groups in total. The molecule has 0 bridgehead atoms. The zero-order chi connectivity index (χ0) is 22.1. The van der Waals surface area contributed by atoms with Crippen molar-refractivity contribution in [1.82, 2.24) is 4.72 Å². The summed E-state index contributed by atoms with van der Waals surface area (Å²) in [5.74, 6) is -0.655. The van der Waals surface area contributed by atoms with Crippen LogP contribution in [-0.4, -0.2) is 33.3 Å². The van der Waals surface area contributed by atoms with Gasteiger partial charge in [-0.1, -0.05) is 48.5 Å². The van der Waals surface area contributed by atoms with Crippen LogP contribution in [0.25, 0.3) is 0 Å². The van der Waals surface area contributed by atoms with Crippen LogP contribution >= 0.6 is 0 Å². The lowest BCUT2D eigenvalue weighted by Crippen LogP contribution is -2.31. The van der Waals surface area contributed by atoms with Gasteiger partial charge in [-0.2, -0.15) is 4.72 Å². The first-order chi connectivity index (χ1) is 14.9. The summed E-state index contributed by atoms with van der Waals surface area (Å²) in [6, 6.07) is 23.8. The Hall–Kier alpha value is -3.49. The zero-order valence-corrected chi connectivity index (χ0v) is 17.4. The summed E-state index contributed by atoms with van der Waals surface area (Å²) >= 11 is 0. The number of esters is 1. The lowest BCUT2D eigenvalue weighted by atomic mass is 10.1. The Kier molecular flexibility index (Phi) is 7.53. The van der Waals surface area contributed by atoms with E-state index in [0.29, 0.717) is 17.9 Å². The monoisotopic (exact) mass is 439 g/mol. The normalized spacial score (nSPS) is 11.0. The van der Waals surface area contributed by atoms with Gasteiger partial charge in [0.1, 0.15) is 18.9 Å². The highest BCUT2D eigenvalue weighted by Crippen LogP contribution is 2.15. The molecule has 0 heterocycles. The smallest absolute Gasteiger partial charge is 0.321 e. The fourth-order valence-electron chi connectivity index (χ4n) is 2.60. The number of hydrogen-bond acceptors (Lipinski definition) is 6. The van der Waals surface area contributed by atoms with Crippen molar-refractivity contribution >= 4 is 21.8 Å². The number of sulfonamides is 1. The molecule has 160 valence electrons. The van der Waals surface area contributed by atoms with E-state index in [0.717, 1.165) is 5.56 Å². The lowest BCUT2D eigenvalue weighted by Gasteiger charge is -2.08. The first-order valence-corrected chi connectivity index (χ1v) is 10.9. The maximum Gasteiger partial charge on any atom is 0.321 e. The Morgan fingerprint density at radius 3 is 2.06 bits per heavy atom. The van der Waals surface area contributed by atoms with Gasteiger partial charge in [-0.3, -0.25) is 9.59 Å². The first kappa shape index (κ1) is 22.2. The minimum Gasteiger partial charge on any atom is -0.489 e. The third-order valence-corrected chi connectivity index (χ3v) is 5.67. The third-order valence-electron chi connectivity index (χ3n) is 4.25. The molecular weight excluding hydrogens is 418 g/mol. The van der Waals surface area contributed by atoms with E-state index in [1.165, 1.54) is 12.1 Å². The van der Waals surface area contributed by atoms with Gasteiger partial charge in [0.15, 0.2) is 12.4 Å². The molecule has 3 rings (SSSR count). The molecule has 3 aromatic carbocycles. The van der Waals surface area contributed by atoms with Crippen molar-refractivity contribution in [2.75, 3.05) is 13.2 Å². The molecule has 0 radical (unpaired) electrons. The minimum absolute atomic E-state index is 0.0356. The molecule has 7 nitrogen and oxygen atoms in total. The topological polar surface area (TPSA) is 98.8 Å². The molecule has 0 saturated carbocycles. The SMILES string of the molecule is O=C(CNS(=O)(=O)c1ccccc1)OCC(=O)c1ccc(OCc2ccccc2)cc1. The summed E-state index contributed by atoms with van der Waals surface area (Å²) in [7, 11) is -3.83. The molecule has 0 fully saturated rings.